The Hall–Kier alpha value is -1.69. The van der Waals surface area contributed by atoms with E-state index in [9.17, 15) is 4.79 Å². The van der Waals surface area contributed by atoms with Crippen molar-refractivity contribution in [1.29, 1.82) is 0 Å². The molecule has 0 saturated carbocycles. The maximum Gasteiger partial charge on any atom is 0.275 e. The van der Waals surface area contributed by atoms with Crippen molar-refractivity contribution in [2.45, 2.75) is 13.1 Å². The third-order valence-corrected chi connectivity index (χ3v) is 3.81. The third-order valence-electron chi connectivity index (χ3n) is 2.74. The summed E-state index contributed by atoms with van der Waals surface area (Å²) in [6, 6.07) is 14.1. The summed E-state index contributed by atoms with van der Waals surface area (Å²) in [5, 5.41) is 0. The Morgan fingerprint density at radius 2 is 1.95 bits per heavy atom. The number of nitrogen functional groups attached to an aromatic ring is 1. The van der Waals surface area contributed by atoms with Crippen LogP contribution >= 0.6 is 11.3 Å². The molecule has 5 heteroatoms. The topological polar surface area (TPSA) is 58.4 Å². The average molecular weight is 275 g/mol. The predicted octanol–water partition coefficient (Wildman–Crippen LogP) is 1.98. The highest BCUT2D eigenvalue weighted by Crippen LogP contribution is 2.18. The Kier molecular flexibility index (Phi) is 4.68. The first kappa shape index (κ1) is 13.7. The highest BCUT2D eigenvalue weighted by atomic mass is 32.1. The lowest BCUT2D eigenvalue weighted by Gasteiger charge is -2.15. The summed E-state index contributed by atoms with van der Waals surface area (Å²) in [5.74, 6) is 4.88. The van der Waals surface area contributed by atoms with Crippen LogP contribution < -0.4 is 11.3 Å². The molecular formula is C14H17N3OS. The Morgan fingerprint density at radius 1 is 1.21 bits per heavy atom. The van der Waals surface area contributed by atoms with Crippen LogP contribution in [0.15, 0.2) is 42.5 Å². The second kappa shape index (κ2) is 6.47. The zero-order chi connectivity index (χ0) is 13.7. The molecule has 0 unspecified atom stereocenters. The first-order valence-electron chi connectivity index (χ1n) is 6.01. The Morgan fingerprint density at radius 3 is 2.63 bits per heavy atom. The number of nitrogens with one attached hydrogen (secondary N) is 1. The van der Waals surface area contributed by atoms with Crippen molar-refractivity contribution in [2.75, 3.05) is 7.05 Å². The lowest BCUT2D eigenvalue weighted by molar-refractivity contribution is 0.0957. The van der Waals surface area contributed by atoms with Crippen LogP contribution in [0.3, 0.4) is 0 Å². The molecular weight excluding hydrogens is 258 g/mol. The first-order valence-corrected chi connectivity index (χ1v) is 6.83. The number of benzene rings is 1. The minimum atomic E-state index is -0.234. The fraction of sp³-hybridized carbons (Fsp3) is 0.214. The van der Waals surface area contributed by atoms with E-state index < -0.39 is 0 Å². The van der Waals surface area contributed by atoms with Gasteiger partial charge in [-0.1, -0.05) is 30.3 Å². The van der Waals surface area contributed by atoms with Gasteiger partial charge in [-0.05, 0) is 24.7 Å². The summed E-state index contributed by atoms with van der Waals surface area (Å²) in [5.41, 5.74) is 3.42. The van der Waals surface area contributed by atoms with Crippen molar-refractivity contribution in [1.82, 2.24) is 10.3 Å². The van der Waals surface area contributed by atoms with Crippen LogP contribution in [0, 0.1) is 0 Å². The van der Waals surface area contributed by atoms with E-state index in [1.54, 1.807) is 6.07 Å². The number of nitrogens with two attached hydrogens (primary N) is 1. The molecule has 0 aliphatic rings. The zero-order valence-corrected chi connectivity index (χ0v) is 11.6. The lowest BCUT2D eigenvalue weighted by atomic mass is 10.2. The van der Waals surface area contributed by atoms with E-state index in [2.05, 4.69) is 29.5 Å². The van der Waals surface area contributed by atoms with Gasteiger partial charge in [0.2, 0.25) is 0 Å². The second-order valence-electron chi connectivity index (χ2n) is 4.40. The van der Waals surface area contributed by atoms with Gasteiger partial charge in [0.05, 0.1) is 4.88 Å². The fourth-order valence-electron chi connectivity index (χ4n) is 1.87. The van der Waals surface area contributed by atoms with Gasteiger partial charge in [-0.25, -0.2) is 5.84 Å². The van der Waals surface area contributed by atoms with Gasteiger partial charge in [0.1, 0.15) is 0 Å². The molecule has 100 valence electrons. The molecule has 3 N–H and O–H groups in total. The summed E-state index contributed by atoms with van der Waals surface area (Å²) < 4.78 is 0. The van der Waals surface area contributed by atoms with E-state index in [-0.39, 0.29) is 5.91 Å². The molecule has 1 amide bonds. The van der Waals surface area contributed by atoms with Crippen LogP contribution in [0.5, 0.6) is 0 Å². The van der Waals surface area contributed by atoms with Gasteiger partial charge in [0, 0.05) is 18.0 Å². The summed E-state index contributed by atoms with van der Waals surface area (Å²) in [6.07, 6.45) is 0. The van der Waals surface area contributed by atoms with Crippen LogP contribution in [0.2, 0.25) is 0 Å². The van der Waals surface area contributed by atoms with Gasteiger partial charge in [-0.15, -0.1) is 11.3 Å². The summed E-state index contributed by atoms with van der Waals surface area (Å²) >= 11 is 1.47. The van der Waals surface area contributed by atoms with Gasteiger partial charge in [-0.2, -0.15) is 0 Å². The standard InChI is InChI=1S/C14H17N3OS/c1-17(9-11-5-3-2-4-6-11)10-12-7-8-13(19-12)14(18)16-15/h2-8H,9-10,15H2,1H3,(H,16,18). The number of amides is 1. The molecule has 19 heavy (non-hydrogen) atoms. The molecule has 2 aromatic rings. The molecule has 0 fully saturated rings. The van der Waals surface area contributed by atoms with E-state index in [0.29, 0.717) is 4.88 Å². The summed E-state index contributed by atoms with van der Waals surface area (Å²) in [6.45, 7) is 1.70. The van der Waals surface area contributed by atoms with Crippen LogP contribution in [0.4, 0.5) is 0 Å². The van der Waals surface area contributed by atoms with Crippen molar-refractivity contribution in [3.8, 4) is 0 Å². The molecule has 0 spiro atoms. The number of thiophene rings is 1. The van der Waals surface area contributed by atoms with Crippen molar-refractivity contribution in [2.24, 2.45) is 5.84 Å². The number of hydrazine groups is 1. The molecule has 0 aliphatic carbocycles. The first-order chi connectivity index (χ1) is 9.19. The maximum absolute atomic E-state index is 11.4. The molecule has 0 radical (unpaired) electrons. The molecule has 0 atom stereocenters. The van der Waals surface area contributed by atoms with E-state index in [1.165, 1.54) is 16.9 Å². The molecule has 2 rings (SSSR count). The van der Waals surface area contributed by atoms with Gasteiger partial charge in [0.25, 0.3) is 5.91 Å². The minimum Gasteiger partial charge on any atom is -0.297 e. The second-order valence-corrected chi connectivity index (χ2v) is 5.57. The average Bonchev–Trinajstić information content (AvgIpc) is 2.87. The third kappa shape index (κ3) is 3.89. The number of nitrogens with zero attached hydrogens (tertiary/aromatic N) is 1. The molecule has 0 saturated heterocycles. The van der Waals surface area contributed by atoms with Gasteiger partial charge >= 0.3 is 0 Å². The van der Waals surface area contributed by atoms with E-state index in [1.807, 2.05) is 24.3 Å². The quantitative estimate of drug-likeness (QED) is 0.498. The number of carbonyl (C=O) groups is 1. The van der Waals surface area contributed by atoms with Crippen LogP contribution in [-0.4, -0.2) is 17.9 Å². The van der Waals surface area contributed by atoms with Gasteiger partial charge in [0.15, 0.2) is 0 Å². The predicted molar refractivity (Wildman–Crippen MR) is 77.6 cm³/mol. The van der Waals surface area contributed by atoms with Gasteiger partial charge in [-0.3, -0.25) is 15.1 Å². The Balaban J connectivity index is 1.94. The smallest absolute Gasteiger partial charge is 0.275 e. The molecule has 0 bridgehead atoms. The highest BCUT2D eigenvalue weighted by molar-refractivity contribution is 7.14. The number of hydrogen-bond donors (Lipinski definition) is 2. The Bertz CT molecular complexity index is 539. The minimum absolute atomic E-state index is 0.234. The van der Waals surface area contributed by atoms with Crippen molar-refractivity contribution in [3.05, 3.63) is 57.8 Å². The maximum atomic E-state index is 11.4. The fourth-order valence-corrected chi connectivity index (χ4v) is 2.86. The normalized spacial score (nSPS) is 10.7. The van der Waals surface area contributed by atoms with Crippen molar-refractivity contribution >= 4 is 17.2 Å². The number of carbonyl (C=O) groups excluding carboxylic acids is 1. The largest absolute Gasteiger partial charge is 0.297 e. The van der Waals surface area contributed by atoms with Crippen molar-refractivity contribution in [3.63, 3.8) is 0 Å². The molecule has 4 nitrogen and oxygen atoms in total. The highest BCUT2D eigenvalue weighted by Gasteiger charge is 2.09. The lowest BCUT2D eigenvalue weighted by Crippen LogP contribution is -2.29. The molecule has 1 aromatic carbocycles. The molecule has 0 aliphatic heterocycles. The van der Waals surface area contributed by atoms with Crippen molar-refractivity contribution < 1.29 is 4.79 Å². The number of hydrogen-bond acceptors (Lipinski definition) is 4. The molecule has 1 heterocycles. The summed E-state index contributed by atoms with van der Waals surface area (Å²) in [7, 11) is 2.06. The van der Waals surface area contributed by atoms with Crippen LogP contribution in [0.25, 0.3) is 0 Å². The van der Waals surface area contributed by atoms with Crippen LogP contribution in [0.1, 0.15) is 20.1 Å². The SMILES string of the molecule is CN(Cc1ccccc1)Cc1ccc(C(=O)NN)s1. The number of rotatable bonds is 5. The van der Waals surface area contributed by atoms with Crippen LogP contribution in [-0.2, 0) is 13.1 Å². The van der Waals surface area contributed by atoms with E-state index in [0.717, 1.165) is 18.0 Å². The zero-order valence-electron chi connectivity index (χ0n) is 10.8. The van der Waals surface area contributed by atoms with E-state index in [4.69, 9.17) is 5.84 Å². The van der Waals surface area contributed by atoms with Gasteiger partial charge < -0.3 is 0 Å². The molecule has 1 aromatic heterocycles. The Labute approximate surface area is 116 Å². The van der Waals surface area contributed by atoms with E-state index >= 15 is 0 Å². The summed E-state index contributed by atoms with van der Waals surface area (Å²) in [4.78, 5) is 15.4. The monoisotopic (exact) mass is 275 g/mol.